The van der Waals surface area contributed by atoms with Gasteiger partial charge in [-0.2, -0.15) is 5.10 Å². The van der Waals surface area contributed by atoms with Crippen LogP contribution >= 0.6 is 15.9 Å². The molecule has 6 heteroatoms. The predicted molar refractivity (Wildman–Crippen MR) is 64.3 cm³/mol. The number of nitrogens with one attached hydrogen (secondary N) is 1. The Kier molecular flexibility index (Phi) is 3.40. The third kappa shape index (κ3) is 2.17. The zero-order valence-corrected chi connectivity index (χ0v) is 10.4. The van der Waals surface area contributed by atoms with E-state index in [1.54, 1.807) is 16.8 Å². The van der Waals surface area contributed by atoms with E-state index < -0.39 is 0 Å². The fraction of sp³-hybridized carbons (Fsp3) is 0.400. The zero-order chi connectivity index (χ0) is 11.5. The molecule has 2 aromatic rings. The van der Waals surface area contributed by atoms with Crippen molar-refractivity contribution in [3.05, 3.63) is 22.9 Å². The zero-order valence-electron chi connectivity index (χ0n) is 8.81. The first-order valence-electron chi connectivity index (χ1n) is 5.04. The highest BCUT2D eigenvalue weighted by Gasteiger charge is 2.07. The SMILES string of the molecule is CCC(CO)Nc1c[c]n2ncc(Br)c2n1. The van der Waals surface area contributed by atoms with Gasteiger partial charge in [0.2, 0.25) is 0 Å². The van der Waals surface area contributed by atoms with Crippen molar-refractivity contribution in [3.63, 3.8) is 0 Å². The molecule has 2 N–H and O–H groups in total. The summed E-state index contributed by atoms with van der Waals surface area (Å²) in [6, 6.07) is 1.73. The smallest absolute Gasteiger partial charge is 0.172 e. The summed E-state index contributed by atoms with van der Waals surface area (Å²) >= 11 is 3.36. The molecule has 0 spiro atoms. The molecule has 0 aliphatic carbocycles. The number of aliphatic hydroxyl groups is 1. The van der Waals surface area contributed by atoms with Crippen molar-refractivity contribution in [3.8, 4) is 0 Å². The van der Waals surface area contributed by atoms with E-state index in [1.807, 2.05) is 6.92 Å². The molecular formula is C10H12BrN4O. The second-order valence-corrected chi connectivity index (χ2v) is 4.28. The van der Waals surface area contributed by atoms with Crippen LogP contribution in [0.2, 0.25) is 0 Å². The van der Waals surface area contributed by atoms with E-state index in [4.69, 9.17) is 5.11 Å². The summed E-state index contributed by atoms with van der Waals surface area (Å²) in [6.45, 7) is 2.09. The van der Waals surface area contributed by atoms with Crippen LogP contribution in [0.4, 0.5) is 5.82 Å². The molecular weight excluding hydrogens is 272 g/mol. The molecule has 0 amide bonds. The van der Waals surface area contributed by atoms with Gasteiger partial charge in [0.25, 0.3) is 0 Å². The molecule has 0 aliphatic heterocycles. The molecule has 1 unspecified atom stereocenters. The number of hydrogen-bond donors (Lipinski definition) is 2. The van der Waals surface area contributed by atoms with Gasteiger partial charge in [-0.15, -0.1) is 0 Å². The molecule has 1 atom stereocenters. The third-order valence-corrected chi connectivity index (χ3v) is 2.88. The normalized spacial score (nSPS) is 12.9. The minimum Gasteiger partial charge on any atom is -0.394 e. The lowest BCUT2D eigenvalue weighted by atomic mass is 10.2. The van der Waals surface area contributed by atoms with Crippen LogP contribution < -0.4 is 5.32 Å². The van der Waals surface area contributed by atoms with Gasteiger partial charge in [0.05, 0.1) is 29.5 Å². The van der Waals surface area contributed by atoms with E-state index >= 15 is 0 Å². The van der Waals surface area contributed by atoms with Crippen LogP contribution in [0.1, 0.15) is 13.3 Å². The van der Waals surface area contributed by atoms with Crippen LogP contribution in [0.15, 0.2) is 16.7 Å². The fourth-order valence-corrected chi connectivity index (χ4v) is 1.69. The van der Waals surface area contributed by atoms with Crippen molar-refractivity contribution in [2.45, 2.75) is 19.4 Å². The first-order chi connectivity index (χ1) is 7.74. The lowest BCUT2D eigenvalue weighted by Gasteiger charge is -2.14. The first-order valence-corrected chi connectivity index (χ1v) is 5.83. The van der Waals surface area contributed by atoms with Gasteiger partial charge in [-0.25, -0.2) is 9.50 Å². The highest BCUT2D eigenvalue weighted by atomic mass is 79.9. The van der Waals surface area contributed by atoms with Crippen LogP contribution in [0.25, 0.3) is 5.65 Å². The third-order valence-electron chi connectivity index (χ3n) is 2.32. The topological polar surface area (TPSA) is 62.5 Å². The second kappa shape index (κ2) is 4.80. The average molecular weight is 284 g/mol. The number of aliphatic hydroxyl groups excluding tert-OH is 1. The second-order valence-electron chi connectivity index (χ2n) is 3.43. The minimum atomic E-state index is 0.0186. The Balaban J connectivity index is 2.28. The summed E-state index contributed by atoms with van der Waals surface area (Å²) in [5.41, 5.74) is 0.706. The van der Waals surface area contributed by atoms with Crippen molar-refractivity contribution < 1.29 is 5.11 Å². The number of rotatable bonds is 4. The number of aromatic nitrogens is 3. The maximum Gasteiger partial charge on any atom is 0.172 e. The van der Waals surface area contributed by atoms with Crippen LogP contribution in [0.5, 0.6) is 0 Å². The van der Waals surface area contributed by atoms with E-state index in [0.29, 0.717) is 11.5 Å². The maximum absolute atomic E-state index is 9.09. The molecule has 0 aromatic carbocycles. The van der Waals surface area contributed by atoms with E-state index in [1.165, 1.54) is 0 Å². The largest absolute Gasteiger partial charge is 0.394 e. The molecule has 0 saturated heterocycles. The van der Waals surface area contributed by atoms with Crippen LogP contribution in [-0.4, -0.2) is 32.4 Å². The van der Waals surface area contributed by atoms with Gasteiger partial charge in [0.1, 0.15) is 5.82 Å². The van der Waals surface area contributed by atoms with E-state index in [0.717, 1.165) is 10.9 Å². The molecule has 0 aliphatic rings. The molecule has 16 heavy (non-hydrogen) atoms. The molecule has 0 fully saturated rings. The molecule has 0 bridgehead atoms. The lowest BCUT2D eigenvalue weighted by Crippen LogP contribution is -2.23. The van der Waals surface area contributed by atoms with Crippen molar-refractivity contribution in [2.24, 2.45) is 0 Å². The Bertz CT molecular complexity index is 481. The van der Waals surface area contributed by atoms with Crippen molar-refractivity contribution in [2.75, 3.05) is 11.9 Å². The minimum absolute atomic E-state index is 0.0186. The Morgan fingerprint density at radius 3 is 3.19 bits per heavy atom. The van der Waals surface area contributed by atoms with Gasteiger partial charge < -0.3 is 10.4 Å². The molecule has 0 saturated carbocycles. The molecule has 5 nitrogen and oxygen atoms in total. The van der Waals surface area contributed by atoms with E-state index in [2.05, 4.69) is 37.5 Å². The van der Waals surface area contributed by atoms with Crippen molar-refractivity contribution in [1.29, 1.82) is 0 Å². The Labute approximate surface area is 102 Å². The maximum atomic E-state index is 9.09. The van der Waals surface area contributed by atoms with Crippen molar-refractivity contribution >= 4 is 27.4 Å². The van der Waals surface area contributed by atoms with Gasteiger partial charge in [0.15, 0.2) is 5.65 Å². The highest BCUT2D eigenvalue weighted by Crippen LogP contribution is 2.17. The fourth-order valence-electron chi connectivity index (χ4n) is 1.35. The van der Waals surface area contributed by atoms with Gasteiger partial charge in [0, 0.05) is 6.07 Å². The quantitative estimate of drug-likeness (QED) is 0.892. The average Bonchev–Trinajstić information content (AvgIpc) is 2.68. The number of fused-ring (bicyclic) bond motifs is 1. The van der Waals surface area contributed by atoms with Gasteiger partial charge >= 0.3 is 0 Å². The Morgan fingerprint density at radius 1 is 1.69 bits per heavy atom. The number of anilines is 1. The van der Waals surface area contributed by atoms with Crippen molar-refractivity contribution in [1.82, 2.24) is 14.6 Å². The number of nitrogens with zero attached hydrogens (tertiary/aromatic N) is 3. The van der Waals surface area contributed by atoms with Crippen LogP contribution in [0, 0.1) is 6.20 Å². The number of halogens is 1. The summed E-state index contributed by atoms with van der Waals surface area (Å²) in [5.74, 6) is 0.689. The predicted octanol–water partition coefficient (Wildman–Crippen LogP) is 1.47. The summed E-state index contributed by atoms with van der Waals surface area (Å²) in [6.07, 6.45) is 5.47. The highest BCUT2D eigenvalue weighted by molar-refractivity contribution is 9.10. The summed E-state index contributed by atoms with van der Waals surface area (Å²) < 4.78 is 2.39. The van der Waals surface area contributed by atoms with Gasteiger partial charge in [-0.3, -0.25) is 0 Å². The molecule has 1 radical (unpaired) electrons. The van der Waals surface area contributed by atoms with E-state index in [-0.39, 0.29) is 12.6 Å². The summed E-state index contributed by atoms with van der Waals surface area (Å²) in [4.78, 5) is 4.37. The molecule has 85 valence electrons. The number of hydrogen-bond acceptors (Lipinski definition) is 4. The lowest BCUT2D eigenvalue weighted by molar-refractivity contribution is 0.271. The first kappa shape index (κ1) is 11.3. The van der Waals surface area contributed by atoms with E-state index in [9.17, 15) is 0 Å². The van der Waals surface area contributed by atoms with Gasteiger partial charge in [-0.05, 0) is 22.4 Å². The molecule has 2 aromatic heterocycles. The Hall–Kier alpha value is -1.14. The Morgan fingerprint density at radius 2 is 2.50 bits per heavy atom. The van der Waals surface area contributed by atoms with Crippen LogP contribution in [-0.2, 0) is 0 Å². The molecule has 2 rings (SSSR count). The van der Waals surface area contributed by atoms with Crippen LogP contribution in [0.3, 0.4) is 0 Å². The summed E-state index contributed by atoms with van der Waals surface area (Å²) in [7, 11) is 0. The molecule has 2 heterocycles. The standard InChI is InChI=1S/C10H12BrN4O/c1-2-7(6-16)13-9-3-4-15-10(14-9)8(11)5-12-15/h3,5,7,16H,2,6H2,1H3,(H,13,14). The van der Waals surface area contributed by atoms with Gasteiger partial charge in [-0.1, -0.05) is 6.92 Å². The monoisotopic (exact) mass is 283 g/mol. The summed E-state index contributed by atoms with van der Waals surface area (Å²) in [5, 5.41) is 16.3.